The molecule has 2 atom stereocenters. The number of rotatable bonds is 5. The fraction of sp³-hybridized carbons (Fsp3) is 0.923. The molecule has 4 nitrogen and oxygen atoms in total. The van der Waals surface area contributed by atoms with Gasteiger partial charge in [-0.1, -0.05) is 12.8 Å². The predicted octanol–water partition coefficient (Wildman–Crippen LogP) is 1.41. The van der Waals surface area contributed by atoms with E-state index in [1.807, 2.05) is 0 Å². The van der Waals surface area contributed by atoms with Gasteiger partial charge in [-0.25, -0.2) is 0 Å². The second-order valence-corrected chi connectivity index (χ2v) is 5.68. The van der Waals surface area contributed by atoms with Gasteiger partial charge in [-0.05, 0) is 39.8 Å². The first kappa shape index (κ1) is 12.8. The summed E-state index contributed by atoms with van der Waals surface area (Å²) in [6, 6.07) is 1.52. The van der Waals surface area contributed by atoms with Crippen LogP contribution in [0.15, 0.2) is 0 Å². The molecule has 98 valence electrons. The molecule has 0 saturated heterocycles. The van der Waals surface area contributed by atoms with Gasteiger partial charge in [0.1, 0.15) is 0 Å². The molecule has 2 rings (SSSR count). The molecule has 0 aromatic carbocycles. The van der Waals surface area contributed by atoms with Gasteiger partial charge in [-0.15, -0.1) is 0 Å². The van der Waals surface area contributed by atoms with Crippen LogP contribution >= 0.6 is 0 Å². The van der Waals surface area contributed by atoms with E-state index < -0.39 is 5.97 Å². The lowest BCUT2D eigenvalue weighted by Crippen LogP contribution is -2.53. The molecular weight excluding hydrogens is 216 g/mol. The third-order valence-electron chi connectivity index (χ3n) is 4.12. The number of carboxylic acids is 1. The summed E-state index contributed by atoms with van der Waals surface area (Å²) in [5, 5.41) is 9.06. The Kier molecular flexibility index (Phi) is 4.05. The lowest BCUT2D eigenvalue weighted by Gasteiger charge is -2.42. The van der Waals surface area contributed by atoms with Crippen LogP contribution in [0.4, 0.5) is 0 Å². The summed E-state index contributed by atoms with van der Waals surface area (Å²) in [5.41, 5.74) is 0. The first-order valence-electron chi connectivity index (χ1n) is 6.73. The molecule has 17 heavy (non-hydrogen) atoms. The molecule has 0 heterocycles. The van der Waals surface area contributed by atoms with Gasteiger partial charge in [-0.2, -0.15) is 0 Å². The van der Waals surface area contributed by atoms with Crippen LogP contribution in [0, 0.1) is 0 Å². The first-order chi connectivity index (χ1) is 8.09. The Labute approximate surface area is 104 Å². The third-order valence-corrected chi connectivity index (χ3v) is 4.12. The van der Waals surface area contributed by atoms with E-state index >= 15 is 0 Å². The summed E-state index contributed by atoms with van der Waals surface area (Å²) < 4.78 is 0. The molecule has 0 bridgehead atoms. The van der Waals surface area contributed by atoms with Crippen molar-refractivity contribution in [1.29, 1.82) is 0 Å². The Morgan fingerprint density at radius 3 is 2.18 bits per heavy atom. The highest BCUT2D eigenvalue weighted by molar-refractivity contribution is 5.69. The molecule has 0 spiro atoms. The van der Waals surface area contributed by atoms with Crippen molar-refractivity contribution in [2.45, 2.75) is 56.7 Å². The summed E-state index contributed by atoms with van der Waals surface area (Å²) in [4.78, 5) is 15.5. The van der Waals surface area contributed by atoms with E-state index in [2.05, 4.69) is 23.9 Å². The van der Waals surface area contributed by atoms with Crippen LogP contribution in [0.3, 0.4) is 0 Å². The normalized spacial score (nSPS) is 29.9. The monoisotopic (exact) mass is 240 g/mol. The van der Waals surface area contributed by atoms with Crippen molar-refractivity contribution in [3.05, 3.63) is 0 Å². The SMILES string of the molecule is CN(C)[C@@H]1CCCC[C@@H]1N(CC(=O)O)C1CC1. The van der Waals surface area contributed by atoms with Crippen molar-refractivity contribution in [3.63, 3.8) is 0 Å². The Morgan fingerprint density at radius 1 is 1.12 bits per heavy atom. The standard InChI is InChI=1S/C13H24N2O2/c1-14(2)11-5-3-4-6-12(11)15(9-13(16)17)10-7-8-10/h10-12H,3-9H2,1-2H3,(H,16,17)/t11-,12+/m1/s1. The molecule has 2 aliphatic rings. The number of hydrogen-bond donors (Lipinski definition) is 1. The number of aliphatic carboxylic acids is 1. The van der Waals surface area contributed by atoms with Crippen LogP contribution in [0.25, 0.3) is 0 Å². The van der Waals surface area contributed by atoms with Crippen LogP contribution in [-0.2, 0) is 4.79 Å². The van der Waals surface area contributed by atoms with Gasteiger partial charge >= 0.3 is 5.97 Å². The first-order valence-corrected chi connectivity index (χ1v) is 6.73. The summed E-state index contributed by atoms with van der Waals surface area (Å²) >= 11 is 0. The summed E-state index contributed by atoms with van der Waals surface area (Å²) in [6.45, 7) is 0.222. The minimum absolute atomic E-state index is 0.222. The van der Waals surface area contributed by atoms with E-state index in [1.54, 1.807) is 0 Å². The predicted molar refractivity (Wildman–Crippen MR) is 67.1 cm³/mol. The van der Waals surface area contributed by atoms with Crippen LogP contribution < -0.4 is 0 Å². The molecular formula is C13H24N2O2. The van der Waals surface area contributed by atoms with Crippen molar-refractivity contribution in [1.82, 2.24) is 9.80 Å². The van der Waals surface area contributed by atoms with Crippen molar-refractivity contribution in [3.8, 4) is 0 Å². The highest BCUT2D eigenvalue weighted by Gasteiger charge is 2.39. The maximum Gasteiger partial charge on any atom is 0.317 e. The molecule has 4 heteroatoms. The maximum atomic E-state index is 11.0. The third kappa shape index (κ3) is 3.19. The average Bonchev–Trinajstić information content (AvgIpc) is 3.09. The van der Waals surface area contributed by atoms with E-state index in [1.165, 1.54) is 32.1 Å². The van der Waals surface area contributed by atoms with E-state index in [4.69, 9.17) is 5.11 Å². The largest absolute Gasteiger partial charge is 0.480 e. The Hall–Kier alpha value is -0.610. The number of carboxylic acid groups (broad SMARTS) is 1. The zero-order chi connectivity index (χ0) is 12.4. The Morgan fingerprint density at radius 2 is 1.71 bits per heavy atom. The van der Waals surface area contributed by atoms with Crippen molar-refractivity contribution in [2.24, 2.45) is 0 Å². The van der Waals surface area contributed by atoms with Crippen molar-refractivity contribution >= 4 is 5.97 Å². The van der Waals surface area contributed by atoms with Crippen LogP contribution in [0.1, 0.15) is 38.5 Å². The minimum atomic E-state index is -0.681. The van der Waals surface area contributed by atoms with Gasteiger partial charge in [0, 0.05) is 18.1 Å². The fourth-order valence-electron chi connectivity index (χ4n) is 3.16. The highest BCUT2D eigenvalue weighted by atomic mass is 16.4. The van der Waals surface area contributed by atoms with Gasteiger partial charge in [0.05, 0.1) is 6.54 Å². The Bertz CT molecular complexity index is 277. The molecule has 0 aliphatic heterocycles. The Balaban J connectivity index is 2.06. The highest BCUT2D eigenvalue weighted by Crippen LogP contribution is 2.34. The molecule has 0 radical (unpaired) electrons. The second kappa shape index (κ2) is 5.36. The fourth-order valence-corrected chi connectivity index (χ4v) is 3.16. The van der Waals surface area contributed by atoms with E-state index in [-0.39, 0.29) is 6.54 Å². The van der Waals surface area contributed by atoms with Crippen LogP contribution in [-0.4, -0.2) is 59.6 Å². The topological polar surface area (TPSA) is 43.8 Å². The molecule has 2 aliphatic carbocycles. The second-order valence-electron chi connectivity index (χ2n) is 5.68. The van der Waals surface area contributed by atoms with E-state index in [0.717, 1.165) is 6.42 Å². The average molecular weight is 240 g/mol. The molecule has 2 saturated carbocycles. The molecule has 0 amide bonds. The van der Waals surface area contributed by atoms with Crippen LogP contribution in [0.5, 0.6) is 0 Å². The number of nitrogens with zero attached hydrogens (tertiary/aromatic N) is 2. The number of hydrogen-bond acceptors (Lipinski definition) is 3. The number of likely N-dealkylation sites (N-methyl/N-ethyl adjacent to an activating group) is 1. The van der Waals surface area contributed by atoms with Crippen molar-refractivity contribution < 1.29 is 9.90 Å². The quantitative estimate of drug-likeness (QED) is 0.789. The van der Waals surface area contributed by atoms with Crippen molar-refractivity contribution in [2.75, 3.05) is 20.6 Å². The lowest BCUT2D eigenvalue weighted by molar-refractivity contribution is -0.139. The molecule has 2 fully saturated rings. The maximum absolute atomic E-state index is 11.0. The van der Waals surface area contributed by atoms with Gasteiger partial charge in [0.25, 0.3) is 0 Å². The lowest BCUT2D eigenvalue weighted by atomic mass is 9.88. The number of carbonyl (C=O) groups is 1. The van der Waals surface area contributed by atoms with E-state index in [9.17, 15) is 4.79 Å². The molecule has 0 aromatic heterocycles. The minimum Gasteiger partial charge on any atom is -0.480 e. The summed E-state index contributed by atoms with van der Waals surface area (Å²) in [7, 11) is 4.24. The van der Waals surface area contributed by atoms with E-state index in [0.29, 0.717) is 18.1 Å². The molecule has 0 unspecified atom stereocenters. The zero-order valence-electron chi connectivity index (χ0n) is 10.9. The summed E-state index contributed by atoms with van der Waals surface area (Å²) in [5.74, 6) is -0.681. The molecule has 0 aromatic rings. The van der Waals surface area contributed by atoms with Gasteiger partial charge in [-0.3, -0.25) is 9.69 Å². The smallest absolute Gasteiger partial charge is 0.317 e. The van der Waals surface area contributed by atoms with Crippen LogP contribution in [0.2, 0.25) is 0 Å². The molecule has 1 N–H and O–H groups in total. The summed E-state index contributed by atoms with van der Waals surface area (Å²) in [6.07, 6.45) is 7.27. The van der Waals surface area contributed by atoms with Gasteiger partial charge < -0.3 is 10.0 Å². The van der Waals surface area contributed by atoms with Gasteiger partial charge in [0.15, 0.2) is 0 Å². The van der Waals surface area contributed by atoms with Gasteiger partial charge in [0.2, 0.25) is 0 Å². The zero-order valence-corrected chi connectivity index (χ0v) is 10.9.